The highest BCUT2D eigenvalue weighted by molar-refractivity contribution is 5.89. The number of methoxy groups -OCH3 is 1. The largest absolute Gasteiger partial charge is 0.495 e. The molecule has 0 unspecified atom stereocenters. The van der Waals surface area contributed by atoms with Gasteiger partial charge in [0.2, 0.25) is 0 Å². The number of benzene rings is 2. The van der Waals surface area contributed by atoms with Crippen molar-refractivity contribution in [1.29, 1.82) is 0 Å². The van der Waals surface area contributed by atoms with Crippen LogP contribution in [0, 0.1) is 0 Å². The number of hydrogen-bond donors (Lipinski definition) is 1. The molecule has 0 amide bonds. The van der Waals surface area contributed by atoms with Crippen molar-refractivity contribution < 1.29 is 14.6 Å². The minimum absolute atomic E-state index is 0.280. The molecule has 0 spiro atoms. The highest BCUT2D eigenvalue weighted by atomic mass is 16.5. The molecular formula is C19H21N3O3. The lowest BCUT2D eigenvalue weighted by atomic mass is 10.1. The molecule has 0 aromatic heterocycles. The number of aromatic carboxylic acids is 1. The molecule has 0 saturated carbocycles. The van der Waals surface area contributed by atoms with Gasteiger partial charge in [0.05, 0.1) is 37.7 Å². The summed E-state index contributed by atoms with van der Waals surface area (Å²) >= 11 is 0. The molecule has 0 radical (unpaired) electrons. The zero-order valence-electron chi connectivity index (χ0n) is 14.1. The van der Waals surface area contributed by atoms with Crippen molar-refractivity contribution in [3.63, 3.8) is 0 Å². The zero-order valence-corrected chi connectivity index (χ0v) is 14.1. The van der Waals surface area contributed by atoms with E-state index in [0.29, 0.717) is 0 Å². The molecule has 1 saturated heterocycles. The fraction of sp³-hybridized carbons (Fsp3) is 0.263. The lowest BCUT2D eigenvalue weighted by Crippen LogP contribution is -2.44. The van der Waals surface area contributed by atoms with Gasteiger partial charge in [0.15, 0.2) is 0 Å². The van der Waals surface area contributed by atoms with Gasteiger partial charge < -0.3 is 14.7 Å². The van der Waals surface area contributed by atoms with E-state index in [2.05, 4.69) is 16.1 Å². The van der Waals surface area contributed by atoms with Crippen LogP contribution >= 0.6 is 0 Å². The van der Waals surface area contributed by atoms with Gasteiger partial charge in [-0.15, -0.1) is 0 Å². The highest BCUT2D eigenvalue weighted by Crippen LogP contribution is 2.28. The van der Waals surface area contributed by atoms with Gasteiger partial charge >= 0.3 is 5.97 Å². The molecule has 1 aliphatic heterocycles. The van der Waals surface area contributed by atoms with Crippen molar-refractivity contribution in [3.05, 3.63) is 59.7 Å². The fourth-order valence-electron chi connectivity index (χ4n) is 2.80. The molecule has 130 valence electrons. The Labute approximate surface area is 146 Å². The van der Waals surface area contributed by atoms with E-state index in [0.717, 1.165) is 43.2 Å². The number of rotatable bonds is 5. The Bertz CT molecular complexity index is 751. The Morgan fingerprint density at radius 1 is 1.08 bits per heavy atom. The molecule has 1 fully saturated rings. The normalized spacial score (nSPS) is 14.8. The van der Waals surface area contributed by atoms with E-state index in [-0.39, 0.29) is 5.56 Å². The van der Waals surface area contributed by atoms with Crippen LogP contribution in [-0.4, -0.2) is 55.6 Å². The van der Waals surface area contributed by atoms with E-state index in [9.17, 15) is 4.79 Å². The van der Waals surface area contributed by atoms with Gasteiger partial charge in [0.1, 0.15) is 5.75 Å². The molecule has 3 rings (SSSR count). The number of carboxylic acids is 1. The van der Waals surface area contributed by atoms with E-state index in [1.165, 1.54) is 0 Å². The minimum Gasteiger partial charge on any atom is -0.495 e. The molecule has 6 nitrogen and oxygen atoms in total. The van der Waals surface area contributed by atoms with E-state index in [4.69, 9.17) is 9.84 Å². The second-order valence-electron chi connectivity index (χ2n) is 5.78. The standard InChI is InChI=1S/C19H21N3O3/c1-25-18-5-3-2-4-17(18)21-10-12-22(13-11-21)20-14-15-6-8-16(9-7-15)19(23)24/h2-9,14H,10-13H2,1H3,(H,23,24). The zero-order chi connectivity index (χ0) is 17.6. The molecule has 6 heteroatoms. The molecule has 1 aliphatic rings. The summed E-state index contributed by atoms with van der Waals surface area (Å²) < 4.78 is 5.43. The molecule has 0 aliphatic carbocycles. The summed E-state index contributed by atoms with van der Waals surface area (Å²) in [5.41, 5.74) is 2.28. The first-order valence-corrected chi connectivity index (χ1v) is 8.17. The average molecular weight is 339 g/mol. The summed E-state index contributed by atoms with van der Waals surface area (Å²) in [6, 6.07) is 14.7. The molecular weight excluding hydrogens is 318 g/mol. The van der Waals surface area contributed by atoms with Gasteiger partial charge in [-0.2, -0.15) is 5.10 Å². The summed E-state index contributed by atoms with van der Waals surface area (Å²) in [7, 11) is 1.69. The van der Waals surface area contributed by atoms with Gasteiger partial charge in [-0.05, 0) is 29.8 Å². The maximum absolute atomic E-state index is 10.9. The third kappa shape index (κ3) is 4.09. The minimum atomic E-state index is -0.920. The number of hydrogen-bond acceptors (Lipinski definition) is 5. The Morgan fingerprint density at radius 3 is 2.40 bits per heavy atom. The number of piperazine rings is 1. The molecule has 2 aromatic rings. The number of ether oxygens (including phenoxy) is 1. The van der Waals surface area contributed by atoms with Crippen molar-refractivity contribution in [1.82, 2.24) is 5.01 Å². The Hall–Kier alpha value is -3.02. The number of carboxylic acid groups (broad SMARTS) is 1. The van der Waals surface area contributed by atoms with Crippen LogP contribution in [0.15, 0.2) is 53.6 Å². The summed E-state index contributed by atoms with van der Waals surface area (Å²) in [6.07, 6.45) is 1.77. The van der Waals surface area contributed by atoms with Crippen LogP contribution in [0.5, 0.6) is 5.75 Å². The van der Waals surface area contributed by atoms with Crippen molar-refractivity contribution in [3.8, 4) is 5.75 Å². The number of para-hydroxylation sites is 2. The average Bonchev–Trinajstić information content (AvgIpc) is 2.67. The second kappa shape index (κ2) is 7.70. The number of carbonyl (C=O) groups is 1. The van der Waals surface area contributed by atoms with Gasteiger partial charge in [-0.25, -0.2) is 4.79 Å². The molecule has 0 atom stereocenters. The molecule has 1 heterocycles. The summed E-state index contributed by atoms with van der Waals surface area (Å²) in [5, 5.41) is 15.4. The number of nitrogens with zero attached hydrogens (tertiary/aromatic N) is 3. The van der Waals surface area contributed by atoms with E-state index in [1.54, 1.807) is 37.6 Å². The van der Waals surface area contributed by atoms with Crippen LogP contribution in [0.1, 0.15) is 15.9 Å². The SMILES string of the molecule is COc1ccccc1N1CCN(N=Cc2ccc(C(=O)O)cc2)CC1. The summed E-state index contributed by atoms with van der Waals surface area (Å²) in [4.78, 5) is 13.2. The van der Waals surface area contributed by atoms with Crippen molar-refractivity contribution >= 4 is 17.9 Å². The molecule has 2 aromatic carbocycles. The Morgan fingerprint density at radius 2 is 1.76 bits per heavy atom. The monoisotopic (exact) mass is 339 g/mol. The number of hydrazone groups is 1. The van der Waals surface area contributed by atoms with Crippen LogP contribution in [-0.2, 0) is 0 Å². The van der Waals surface area contributed by atoms with Crippen LogP contribution in [0.25, 0.3) is 0 Å². The van der Waals surface area contributed by atoms with Gasteiger partial charge in [0, 0.05) is 13.1 Å². The first-order valence-electron chi connectivity index (χ1n) is 8.17. The smallest absolute Gasteiger partial charge is 0.335 e. The maximum atomic E-state index is 10.9. The lowest BCUT2D eigenvalue weighted by molar-refractivity contribution is 0.0697. The lowest BCUT2D eigenvalue weighted by Gasteiger charge is -2.35. The maximum Gasteiger partial charge on any atom is 0.335 e. The van der Waals surface area contributed by atoms with Crippen LogP contribution < -0.4 is 9.64 Å². The highest BCUT2D eigenvalue weighted by Gasteiger charge is 2.18. The van der Waals surface area contributed by atoms with Crippen LogP contribution in [0.3, 0.4) is 0 Å². The fourth-order valence-corrected chi connectivity index (χ4v) is 2.80. The van der Waals surface area contributed by atoms with Crippen LogP contribution in [0.2, 0.25) is 0 Å². The predicted molar refractivity (Wildman–Crippen MR) is 97.8 cm³/mol. The number of anilines is 1. The molecule has 1 N–H and O–H groups in total. The molecule has 0 bridgehead atoms. The first-order chi connectivity index (χ1) is 12.2. The Kier molecular flexibility index (Phi) is 5.18. The third-order valence-corrected chi connectivity index (χ3v) is 4.21. The van der Waals surface area contributed by atoms with E-state index >= 15 is 0 Å². The predicted octanol–water partition coefficient (Wildman–Crippen LogP) is 2.55. The topological polar surface area (TPSA) is 65.4 Å². The van der Waals surface area contributed by atoms with E-state index < -0.39 is 5.97 Å². The quantitative estimate of drug-likeness (QED) is 0.848. The van der Waals surface area contributed by atoms with Gasteiger partial charge in [0.25, 0.3) is 0 Å². The van der Waals surface area contributed by atoms with Crippen LogP contribution in [0.4, 0.5) is 5.69 Å². The third-order valence-electron chi connectivity index (χ3n) is 4.21. The first kappa shape index (κ1) is 16.8. The van der Waals surface area contributed by atoms with Gasteiger partial charge in [-0.1, -0.05) is 24.3 Å². The van der Waals surface area contributed by atoms with Gasteiger partial charge in [-0.3, -0.25) is 5.01 Å². The van der Waals surface area contributed by atoms with E-state index in [1.807, 2.05) is 23.2 Å². The second-order valence-corrected chi connectivity index (χ2v) is 5.78. The summed E-state index contributed by atoms with van der Waals surface area (Å²) in [5.74, 6) is -0.0334. The Balaban J connectivity index is 1.58. The molecule has 25 heavy (non-hydrogen) atoms. The van der Waals surface area contributed by atoms with Crippen molar-refractivity contribution in [2.45, 2.75) is 0 Å². The summed E-state index contributed by atoms with van der Waals surface area (Å²) in [6.45, 7) is 3.38. The van der Waals surface area contributed by atoms with Crippen molar-refractivity contribution in [2.24, 2.45) is 5.10 Å². The van der Waals surface area contributed by atoms with Crippen molar-refractivity contribution in [2.75, 3.05) is 38.2 Å².